The van der Waals surface area contributed by atoms with Gasteiger partial charge in [-0.25, -0.2) is 0 Å². The molecule has 2 fully saturated rings. The fourth-order valence-electron chi connectivity index (χ4n) is 3.89. The average molecular weight is 281 g/mol. The molecule has 2 aliphatic carbocycles. The molecular weight excluding hydrogens is 250 g/mol. The van der Waals surface area contributed by atoms with E-state index in [2.05, 4.69) is 6.92 Å². The quantitative estimate of drug-likeness (QED) is 0.630. The van der Waals surface area contributed by atoms with Crippen molar-refractivity contribution in [3.63, 3.8) is 0 Å². The molecule has 2 rings (SSSR count). The maximum atomic E-state index is 12.7. The van der Waals surface area contributed by atoms with Crippen molar-refractivity contribution in [3.8, 4) is 0 Å². The molecule has 2 saturated carbocycles. The minimum Gasteiger partial charge on any atom is -0.462 e. The molecule has 116 valence electrons. The molecule has 3 heteroatoms. The molecule has 2 unspecified atom stereocenters. The van der Waals surface area contributed by atoms with Crippen molar-refractivity contribution in [2.75, 3.05) is 6.54 Å². The maximum absolute atomic E-state index is 12.7. The highest BCUT2D eigenvalue weighted by atomic mass is 16.5. The number of carbonyl (C=O) groups is 1. The van der Waals surface area contributed by atoms with Gasteiger partial charge in [-0.15, -0.1) is 0 Å². The van der Waals surface area contributed by atoms with Crippen molar-refractivity contribution >= 4 is 5.97 Å². The lowest BCUT2D eigenvalue weighted by Crippen LogP contribution is -2.42. The summed E-state index contributed by atoms with van der Waals surface area (Å²) in [5.41, 5.74) is 5.59. The average Bonchev–Trinajstić information content (AvgIpc) is 2.74. The van der Waals surface area contributed by atoms with Crippen molar-refractivity contribution < 1.29 is 9.53 Å². The summed E-state index contributed by atoms with van der Waals surface area (Å²) in [5, 5.41) is 0. The van der Waals surface area contributed by atoms with Crippen molar-refractivity contribution in [3.05, 3.63) is 0 Å². The second-order valence-electron chi connectivity index (χ2n) is 6.87. The molecule has 0 amide bonds. The van der Waals surface area contributed by atoms with Crippen LogP contribution in [0.3, 0.4) is 0 Å². The Morgan fingerprint density at radius 1 is 1.15 bits per heavy atom. The highest BCUT2D eigenvalue weighted by Crippen LogP contribution is 2.37. The van der Waals surface area contributed by atoms with E-state index in [9.17, 15) is 4.79 Å². The monoisotopic (exact) mass is 281 g/mol. The number of hydrogen-bond donors (Lipinski definition) is 1. The van der Waals surface area contributed by atoms with E-state index in [0.717, 1.165) is 44.4 Å². The highest BCUT2D eigenvalue weighted by molar-refractivity contribution is 5.77. The van der Waals surface area contributed by atoms with Gasteiger partial charge < -0.3 is 10.5 Å². The molecule has 3 nitrogen and oxygen atoms in total. The number of rotatable bonds is 4. The third kappa shape index (κ3) is 3.75. The Bertz CT molecular complexity index is 308. The lowest BCUT2D eigenvalue weighted by atomic mass is 9.80. The van der Waals surface area contributed by atoms with E-state index in [1.165, 1.54) is 32.1 Å². The Morgan fingerprint density at radius 2 is 1.85 bits per heavy atom. The summed E-state index contributed by atoms with van der Waals surface area (Å²) in [7, 11) is 0. The van der Waals surface area contributed by atoms with E-state index in [4.69, 9.17) is 10.5 Å². The van der Waals surface area contributed by atoms with Crippen molar-refractivity contribution in [1.82, 2.24) is 0 Å². The van der Waals surface area contributed by atoms with Crippen LogP contribution < -0.4 is 5.73 Å². The van der Waals surface area contributed by atoms with E-state index in [1.54, 1.807) is 0 Å². The summed E-state index contributed by atoms with van der Waals surface area (Å²) < 4.78 is 5.89. The second-order valence-corrected chi connectivity index (χ2v) is 6.87. The first kappa shape index (κ1) is 15.8. The van der Waals surface area contributed by atoms with Crippen molar-refractivity contribution in [2.24, 2.45) is 17.1 Å². The summed E-state index contributed by atoms with van der Waals surface area (Å²) in [6, 6.07) is 0. The predicted octanol–water partition coefficient (Wildman–Crippen LogP) is 3.80. The number of carbonyl (C=O) groups excluding carboxylic acids is 1. The van der Waals surface area contributed by atoms with Crippen LogP contribution in [-0.4, -0.2) is 18.6 Å². The molecule has 0 bridgehead atoms. The van der Waals surface area contributed by atoms with Gasteiger partial charge >= 0.3 is 5.97 Å². The minimum absolute atomic E-state index is 0.00338. The van der Waals surface area contributed by atoms with Gasteiger partial charge in [0.15, 0.2) is 0 Å². The molecule has 0 aromatic heterocycles. The van der Waals surface area contributed by atoms with Gasteiger partial charge in [0.05, 0.1) is 5.41 Å². The molecule has 0 spiro atoms. The number of hydrogen-bond acceptors (Lipinski definition) is 3. The standard InChI is InChI=1S/C17H31NO2/c1-2-14-8-7-9-15(12-14)20-16(19)17(13-18)10-5-3-4-6-11-17/h14-15H,2-13,18H2,1H3. The zero-order valence-corrected chi connectivity index (χ0v) is 13.0. The Morgan fingerprint density at radius 3 is 2.45 bits per heavy atom. The van der Waals surface area contributed by atoms with E-state index in [1.807, 2.05) is 0 Å². The first-order valence-electron chi connectivity index (χ1n) is 8.61. The Labute approximate surface area is 123 Å². The fourth-order valence-corrected chi connectivity index (χ4v) is 3.89. The first-order chi connectivity index (χ1) is 9.70. The van der Waals surface area contributed by atoms with Crippen molar-refractivity contribution in [1.29, 1.82) is 0 Å². The van der Waals surface area contributed by atoms with E-state index >= 15 is 0 Å². The summed E-state index contributed by atoms with van der Waals surface area (Å²) in [6.45, 7) is 2.69. The van der Waals surface area contributed by atoms with Gasteiger partial charge in [0, 0.05) is 6.54 Å². The molecule has 2 N–H and O–H groups in total. The molecule has 0 aromatic rings. The zero-order chi connectivity index (χ0) is 14.4. The third-order valence-corrected chi connectivity index (χ3v) is 5.47. The van der Waals surface area contributed by atoms with Gasteiger partial charge in [0.25, 0.3) is 0 Å². The number of nitrogens with two attached hydrogens (primary N) is 1. The molecule has 0 aliphatic heterocycles. The summed E-state index contributed by atoms with van der Waals surface area (Å²) in [6.07, 6.45) is 12.5. The molecule has 20 heavy (non-hydrogen) atoms. The number of ether oxygens (including phenoxy) is 1. The van der Waals surface area contributed by atoms with Crippen LogP contribution in [0.1, 0.15) is 77.6 Å². The van der Waals surface area contributed by atoms with Crippen LogP contribution in [-0.2, 0) is 9.53 Å². The van der Waals surface area contributed by atoms with Crippen LogP contribution in [0, 0.1) is 11.3 Å². The predicted molar refractivity (Wildman–Crippen MR) is 81.3 cm³/mol. The molecule has 0 heterocycles. The molecule has 2 atom stereocenters. The lowest BCUT2D eigenvalue weighted by molar-refractivity contribution is -0.164. The minimum atomic E-state index is -0.379. The molecule has 0 saturated heterocycles. The summed E-state index contributed by atoms with van der Waals surface area (Å²) in [4.78, 5) is 12.7. The van der Waals surface area contributed by atoms with Crippen LogP contribution in [0.4, 0.5) is 0 Å². The van der Waals surface area contributed by atoms with Gasteiger partial charge in [-0.2, -0.15) is 0 Å². The van der Waals surface area contributed by atoms with Gasteiger partial charge in [0.1, 0.15) is 6.10 Å². The van der Waals surface area contributed by atoms with Crippen LogP contribution >= 0.6 is 0 Å². The molecule has 2 aliphatic rings. The van der Waals surface area contributed by atoms with Gasteiger partial charge in [-0.3, -0.25) is 4.79 Å². The highest BCUT2D eigenvalue weighted by Gasteiger charge is 2.40. The second kappa shape index (κ2) is 7.44. The topological polar surface area (TPSA) is 52.3 Å². The van der Waals surface area contributed by atoms with E-state index in [-0.39, 0.29) is 17.5 Å². The normalized spacial score (nSPS) is 30.5. The largest absolute Gasteiger partial charge is 0.462 e. The molecular formula is C17H31NO2. The van der Waals surface area contributed by atoms with Crippen LogP contribution in [0.5, 0.6) is 0 Å². The van der Waals surface area contributed by atoms with Gasteiger partial charge in [-0.1, -0.05) is 45.4 Å². The Balaban J connectivity index is 1.94. The van der Waals surface area contributed by atoms with Crippen molar-refractivity contribution in [2.45, 2.75) is 83.7 Å². The molecule has 0 aromatic carbocycles. The van der Waals surface area contributed by atoms with E-state index in [0.29, 0.717) is 6.54 Å². The smallest absolute Gasteiger partial charge is 0.313 e. The molecule has 0 radical (unpaired) electrons. The van der Waals surface area contributed by atoms with Gasteiger partial charge in [0.2, 0.25) is 0 Å². The lowest BCUT2D eigenvalue weighted by Gasteiger charge is -2.34. The SMILES string of the molecule is CCC1CCCC(OC(=O)C2(CN)CCCCCC2)C1. The Hall–Kier alpha value is -0.570. The van der Waals surface area contributed by atoms with Crippen LogP contribution in [0.2, 0.25) is 0 Å². The fraction of sp³-hybridized carbons (Fsp3) is 0.941. The maximum Gasteiger partial charge on any atom is 0.313 e. The Kier molecular flexibility index (Phi) is 5.88. The van der Waals surface area contributed by atoms with Crippen LogP contribution in [0.25, 0.3) is 0 Å². The third-order valence-electron chi connectivity index (χ3n) is 5.47. The van der Waals surface area contributed by atoms with E-state index < -0.39 is 0 Å². The zero-order valence-electron chi connectivity index (χ0n) is 13.0. The summed E-state index contributed by atoms with van der Waals surface area (Å²) >= 11 is 0. The first-order valence-corrected chi connectivity index (χ1v) is 8.61. The van der Waals surface area contributed by atoms with Crippen LogP contribution in [0.15, 0.2) is 0 Å². The number of esters is 1. The van der Waals surface area contributed by atoms with Gasteiger partial charge in [-0.05, 0) is 38.0 Å². The summed E-state index contributed by atoms with van der Waals surface area (Å²) in [5.74, 6) is 0.744.